The first-order valence-corrected chi connectivity index (χ1v) is 15.5. The molecule has 0 amide bonds. The Bertz CT molecular complexity index is 1340. The quantitative estimate of drug-likeness (QED) is 0.175. The molecular weight excluding hydrogens is 686 g/mol. The molecule has 11 heteroatoms. The summed E-state index contributed by atoms with van der Waals surface area (Å²) in [4.78, 5) is 9.63. The molecule has 46 heavy (non-hydrogen) atoms. The Hall–Kier alpha value is -2.81. The summed E-state index contributed by atoms with van der Waals surface area (Å²) < 4.78 is 39.0. The van der Waals surface area contributed by atoms with Gasteiger partial charge in [0.05, 0.1) is 23.8 Å². The summed E-state index contributed by atoms with van der Waals surface area (Å²) >= 11 is 0. The number of aliphatic imine (C=N–C) groups is 1. The van der Waals surface area contributed by atoms with Gasteiger partial charge >= 0.3 is 27.7 Å². The third-order valence-electron chi connectivity index (χ3n) is 7.59. The predicted octanol–water partition coefficient (Wildman–Crippen LogP) is 8.93. The molecule has 0 unspecified atom stereocenters. The van der Waals surface area contributed by atoms with Crippen LogP contribution in [0.25, 0.3) is 5.70 Å². The van der Waals surface area contributed by atoms with E-state index in [1.54, 1.807) is 6.07 Å². The normalized spacial score (nSPS) is 18.6. The standard InChI is InChI=1S/C33H45N3O.C2H3N.BF4.Pd/c1-23(2)35-21-30(24-14-10-9-11-15-24)36(22-35)29-17-13-12-16-28(29)34-20-25-18-26(32(3,4)5)19-27(31(25)37)33(6,7)8;1-2-3;2-1(3,4)5;/h9-11,14-15,18-21,23,28-29,37H,12-13,16-17H2,1-8H3;1H3;;/q;;-1;+2/p-1/t28-,29-;;;/m1.../s1. The molecule has 2 atom stereocenters. The summed E-state index contributed by atoms with van der Waals surface area (Å²) in [7, 11) is -6.00. The molecule has 1 heterocycles. The van der Waals surface area contributed by atoms with Crippen molar-refractivity contribution in [3.63, 3.8) is 0 Å². The zero-order valence-electron chi connectivity index (χ0n) is 28.4. The summed E-state index contributed by atoms with van der Waals surface area (Å²) in [5, 5.41) is 20.8. The van der Waals surface area contributed by atoms with E-state index in [4.69, 9.17) is 10.3 Å². The fourth-order valence-electron chi connectivity index (χ4n) is 5.22. The van der Waals surface area contributed by atoms with Gasteiger partial charge < -0.3 is 32.2 Å². The first-order valence-electron chi connectivity index (χ1n) is 15.5. The summed E-state index contributed by atoms with van der Waals surface area (Å²) in [5.74, 6) is 0.103. The maximum absolute atomic E-state index is 13.5. The maximum Gasteiger partial charge on any atom is 2.00 e. The molecule has 254 valence electrons. The van der Waals surface area contributed by atoms with Crippen LogP contribution in [0.1, 0.15) is 110 Å². The maximum atomic E-state index is 13.5. The van der Waals surface area contributed by atoms with Crippen molar-refractivity contribution in [1.29, 1.82) is 5.26 Å². The van der Waals surface area contributed by atoms with Gasteiger partial charge in [-0.3, -0.25) is 4.99 Å². The molecule has 0 saturated heterocycles. The Morgan fingerprint density at radius 3 is 2.04 bits per heavy atom. The van der Waals surface area contributed by atoms with E-state index in [0.29, 0.717) is 11.6 Å². The van der Waals surface area contributed by atoms with Gasteiger partial charge in [-0.2, -0.15) is 5.26 Å². The fraction of sp³-hybridized carbons (Fsp3) is 0.514. The molecule has 5 nitrogen and oxygen atoms in total. The number of halogens is 4. The van der Waals surface area contributed by atoms with E-state index in [2.05, 4.69) is 121 Å². The summed E-state index contributed by atoms with van der Waals surface area (Å²) in [6, 6.07) is 17.1. The van der Waals surface area contributed by atoms with Crippen molar-refractivity contribution in [2.75, 3.05) is 0 Å². The van der Waals surface area contributed by atoms with E-state index in [1.165, 1.54) is 30.2 Å². The Kier molecular flexibility index (Phi) is 15.6. The Morgan fingerprint density at radius 1 is 1.00 bits per heavy atom. The van der Waals surface area contributed by atoms with Crippen molar-refractivity contribution in [2.45, 2.75) is 117 Å². The molecule has 1 fully saturated rings. The van der Waals surface area contributed by atoms with E-state index in [0.717, 1.165) is 24.8 Å². The molecule has 0 N–H and O–H groups in total. The Balaban J connectivity index is 0.00000106. The number of rotatable bonds is 5. The second-order valence-corrected chi connectivity index (χ2v) is 13.7. The summed E-state index contributed by atoms with van der Waals surface area (Å²) in [5.41, 5.74) is 4.86. The minimum absolute atomic E-state index is 0. The van der Waals surface area contributed by atoms with Gasteiger partial charge in [-0.1, -0.05) is 103 Å². The Labute approximate surface area is 287 Å². The van der Waals surface area contributed by atoms with E-state index in [1.807, 2.05) is 6.21 Å². The monoisotopic (exact) mass is 732 g/mol. The van der Waals surface area contributed by atoms with Crippen LogP contribution in [-0.4, -0.2) is 41.4 Å². The fourth-order valence-corrected chi connectivity index (χ4v) is 5.22. The van der Waals surface area contributed by atoms with Crippen LogP contribution in [0.4, 0.5) is 17.3 Å². The van der Waals surface area contributed by atoms with E-state index >= 15 is 0 Å². The van der Waals surface area contributed by atoms with E-state index in [9.17, 15) is 22.4 Å². The Morgan fingerprint density at radius 2 is 1.54 bits per heavy atom. The van der Waals surface area contributed by atoms with E-state index < -0.39 is 7.25 Å². The van der Waals surface area contributed by atoms with Crippen LogP contribution in [0.3, 0.4) is 0 Å². The molecule has 0 aromatic heterocycles. The largest absolute Gasteiger partial charge is 2.00 e. The molecule has 1 saturated carbocycles. The number of hydrogen-bond donors (Lipinski definition) is 0. The SMILES string of the molecule is CC#N.CC(C)N1[C]N([C@@H]2CCCC[C@H]2N=Cc2cc(C(C)(C)C)cc(C(C)(C)C)c2[O-])C(c2ccccc2)=C1.F[B-](F)(F)F.[Pd+2]. The van der Waals surface area contributed by atoms with E-state index in [-0.39, 0.29) is 49.1 Å². The van der Waals surface area contributed by atoms with Crippen LogP contribution in [0, 0.1) is 18.0 Å². The van der Waals surface area contributed by atoms with Gasteiger partial charge in [0.25, 0.3) is 0 Å². The van der Waals surface area contributed by atoms with Crippen LogP contribution >= 0.6 is 0 Å². The van der Waals surface area contributed by atoms with Crippen LogP contribution in [0.2, 0.25) is 0 Å². The number of nitriles is 1. The van der Waals surface area contributed by atoms with Gasteiger partial charge in [-0.05, 0) is 59.8 Å². The summed E-state index contributed by atoms with van der Waals surface area (Å²) in [6.45, 7) is 22.4. The average molecular weight is 733 g/mol. The number of nitrogens with zero attached hydrogens (tertiary/aromatic N) is 4. The van der Waals surface area contributed by atoms with Crippen LogP contribution in [0.15, 0.2) is 53.7 Å². The van der Waals surface area contributed by atoms with Crippen molar-refractivity contribution < 1.29 is 42.8 Å². The first kappa shape index (κ1) is 41.2. The van der Waals surface area contributed by atoms with Crippen molar-refractivity contribution in [1.82, 2.24) is 9.80 Å². The molecule has 2 aromatic carbocycles. The van der Waals surface area contributed by atoms with Gasteiger partial charge in [0.15, 0.2) is 0 Å². The van der Waals surface area contributed by atoms with Gasteiger partial charge in [0.2, 0.25) is 6.67 Å². The zero-order valence-corrected chi connectivity index (χ0v) is 29.9. The summed E-state index contributed by atoms with van der Waals surface area (Å²) in [6.07, 6.45) is 8.50. The zero-order chi connectivity index (χ0) is 34.2. The first-order chi connectivity index (χ1) is 20.8. The minimum atomic E-state index is -6.00. The molecule has 0 bridgehead atoms. The van der Waals surface area contributed by atoms with Crippen LogP contribution in [-0.2, 0) is 31.3 Å². The van der Waals surface area contributed by atoms with Crippen molar-refractivity contribution in [3.8, 4) is 11.8 Å². The average Bonchev–Trinajstić information content (AvgIpc) is 3.37. The van der Waals surface area contributed by atoms with Crippen LogP contribution in [0.5, 0.6) is 5.75 Å². The van der Waals surface area contributed by atoms with Crippen LogP contribution < -0.4 is 5.11 Å². The predicted molar refractivity (Wildman–Crippen MR) is 175 cm³/mol. The van der Waals surface area contributed by atoms with Crippen molar-refractivity contribution >= 4 is 19.2 Å². The smallest absolute Gasteiger partial charge is 0.872 e. The molecule has 0 spiro atoms. The molecular formula is C35H47BF4N4OPd. The third kappa shape index (κ3) is 12.4. The third-order valence-corrected chi connectivity index (χ3v) is 7.59. The second-order valence-electron chi connectivity index (χ2n) is 13.7. The van der Waals surface area contributed by atoms with Gasteiger partial charge in [-0.15, -0.1) is 0 Å². The molecule has 1 aliphatic heterocycles. The van der Waals surface area contributed by atoms with Gasteiger partial charge in [0.1, 0.15) is 0 Å². The van der Waals surface area contributed by atoms with Crippen molar-refractivity contribution in [2.24, 2.45) is 4.99 Å². The second kappa shape index (κ2) is 17.4. The minimum Gasteiger partial charge on any atom is -0.872 e. The molecule has 2 radical (unpaired) electrons. The van der Waals surface area contributed by atoms with Gasteiger partial charge in [0, 0.05) is 25.4 Å². The molecule has 4 rings (SSSR count). The molecule has 2 aromatic rings. The van der Waals surface area contributed by atoms with Gasteiger partial charge in [-0.25, -0.2) is 0 Å². The topological polar surface area (TPSA) is 65.7 Å². The molecule has 1 aliphatic carbocycles. The number of hydrogen-bond acceptors (Lipinski definition) is 5. The van der Waals surface area contributed by atoms with Crippen molar-refractivity contribution in [3.05, 3.63) is 77.6 Å². The molecule has 2 aliphatic rings. The number of benzene rings is 2.